The van der Waals surface area contributed by atoms with E-state index >= 15 is 0 Å². The van der Waals surface area contributed by atoms with E-state index in [-0.39, 0.29) is 30.3 Å². The third-order valence-corrected chi connectivity index (χ3v) is 5.37. The minimum absolute atomic E-state index is 0.0477. The summed E-state index contributed by atoms with van der Waals surface area (Å²) in [4.78, 5) is 11.9. The highest BCUT2D eigenvalue weighted by molar-refractivity contribution is 7.91. The number of ether oxygens (including phenoxy) is 2. The molecule has 0 fully saturated rings. The fraction of sp³-hybridized carbons (Fsp3) is 0.278. The first-order chi connectivity index (χ1) is 11.9. The summed E-state index contributed by atoms with van der Waals surface area (Å²) in [6, 6.07) is 13.3. The lowest BCUT2D eigenvalue weighted by molar-refractivity contribution is -0.143. The molecule has 134 valence electrons. The number of carbonyl (C=O) groups is 1. The first kappa shape index (κ1) is 19.3. The normalized spacial score (nSPS) is 11.1. The second kappa shape index (κ2) is 8.87. The molecule has 0 aromatic heterocycles. The summed E-state index contributed by atoms with van der Waals surface area (Å²) < 4.78 is 34.7. The molecule has 2 rings (SSSR count). The highest BCUT2D eigenvalue weighted by atomic mass is 35.5. The second-order valence-electron chi connectivity index (χ2n) is 5.40. The smallest absolute Gasteiger partial charge is 0.306 e. The van der Waals surface area contributed by atoms with Crippen molar-refractivity contribution < 1.29 is 22.7 Å². The molecule has 0 N–H and O–H groups in total. The van der Waals surface area contributed by atoms with Crippen molar-refractivity contribution in [1.82, 2.24) is 0 Å². The van der Waals surface area contributed by atoms with Crippen LogP contribution >= 0.6 is 11.6 Å². The summed E-state index contributed by atoms with van der Waals surface area (Å²) in [5.74, 6) is -0.245. The van der Waals surface area contributed by atoms with Gasteiger partial charge in [-0.25, -0.2) is 8.42 Å². The van der Waals surface area contributed by atoms with Crippen LogP contribution in [0.2, 0.25) is 5.02 Å². The average Bonchev–Trinajstić information content (AvgIpc) is 2.59. The largest absolute Gasteiger partial charge is 0.490 e. The Morgan fingerprint density at radius 1 is 1.00 bits per heavy atom. The minimum Gasteiger partial charge on any atom is -0.490 e. The molecule has 7 heteroatoms. The zero-order chi connectivity index (χ0) is 18.3. The molecule has 0 bridgehead atoms. The number of halogens is 1. The molecule has 0 aliphatic carbocycles. The molecular weight excluding hydrogens is 364 g/mol. The summed E-state index contributed by atoms with van der Waals surface area (Å²) in [5, 5.41) is 0.605. The van der Waals surface area contributed by atoms with Gasteiger partial charge in [0.2, 0.25) is 0 Å². The average molecular weight is 383 g/mol. The number of rotatable bonds is 8. The SMILES string of the molecule is Cc1ccc(S(=O)(=O)CCC(=O)OCCOc2ccc(Cl)cc2)cc1. The summed E-state index contributed by atoms with van der Waals surface area (Å²) >= 11 is 5.76. The van der Waals surface area contributed by atoms with E-state index in [9.17, 15) is 13.2 Å². The van der Waals surface area contributed by atoms with Crippen molar-refractivity contribution in [2.75, 3.05) is 19.0 Å². The molecule has 2 aromatic carbocycles. The third-order valence-electron chi connectivity index (χ3n) is 3.38. The van der Waals surface area contributed by atoms with Crippen LogP contribution in [0.3, 0.4) is 0 Å². The van der Waals surface area contributed by atoms with Gasteiger partial charge in [0.25, 0.3) is 0 Å². The van der Waals surface area contributed by atoms with Crippen LogP contribution < -0.4 is 4.74 Å². The van der Waals surface area contributed by atoms with Crippen LogP contribution in [-0.2, 0) is 19.4 Å². The number of hydrogen-bond donors (Lipinski definition) is 0. The second-order valence-corrected chi connectivity index (χ2v) is 7.95. The van der Waals surface area contributed by atoms with Gasteiger partial charge >= 0.3 is 5.97 Å². The maximum absolute atomic E-state index is 12.1. The molecule has 0 aliphatic rings. The Labute approximate surface area is 152 Å². The summed E-state index contributed by atoms with van der Waals surface area (Å²) in [5.41, 5.74) is 0.971. The van der Waals surface area contributed by atoms with Crippen LogP contribution in [-0.4, -0.2) is 33.4 Å². The van der Waals surface area contributed by atoms with Crippen molar-refractivity contribution in [3.05, 3.63) is 59.1 Å². The van der Waals surface area contributed by atoms with Crippen LogP contribution in [0.1, 0.15) is 12.0 Å². The van der Waals surface area contributed by atoms with Crippen molar-refractivity contribution in [3.8, 4) is 5.75 Å². The molecule has 0 atom stereocenters. The third kappa shape index (κ3) is 6.40. The zero-order valence-corrected chi connectivity index (χ0v) is 15.3. The number of esters is 1. The van der Waals surface area contributed by atoms with Gasteiger partial charge in [0, 0.05) is 5.02 Å². The van der Waals surface area contributed by atoms with Crippen molar-refractivity contribution in [1.29, 1.82) is 0 Å². The van der Waals surface area contributed by atoms with Crippen LogP contribution in [0.15, 0.2) is 53.4 Å². The van der Waals surface area contributed by atoms with Gasteiger partial charge in [-0.2, -0.15) is 0 Å². The van der Waals surface area contributed by atoms with Gasteiger partial charge in [0.05, 0.1) is 17.1 Å². The molecule has 0 amide bonds. The van der Waals surface area contributed by atoms with E-state index < -0.39 is 15.8 Å². The highest BCUT2D eigenvalue weighted by Gasteiger charge is 2.16. The van der Waals surface area contributed by atoms with Gasteiger partial charge in [0.1, 0.15) is 19.0 Å². The van der Waals surface area contributed by atoms with E-state index in [1.165, 1.54) is 12.1 Å². The van der Waals surface area contributed by atoms with E-state index in [0.29, 0.717) is 10.8 Å². The summed E-state index contributed by atoms with van der Waals surface area (Å²) in [6.45, 7) is 2.10. The molecule has 0 spiro atoms. The van der Waals surface area contributed by atoms with Gasteiger partial charge in [-0.05, 0) is 43.3 Å². The van der Waals surface area contributed by atoms with Crippen molar-refractivity contribution >= 4 is 27.4 Å². The molecule has 2 aromatic rings. The van der Waals surface area contributed by atoms with Crippen LogP contribution in [0.5, 0.6) is 5.75 Å². The Morgan fingerprint density at radius 2 is 1.64 bits per heavy atom. The molecule has 0 saturated carbocycles. The molecule has 0 saturated heterocycles. The lowest BCUT2D eigenvalue weighted by Crippen LogP contribution is -2.16. The van der Waals surface area contributed by atoms with Gasteiger partial charge < -0.3 is 9.47 Å². The molecule has 5 nitrogen and oxygen atoms in total. The maximum atomic E-state index is 12.1. The van der Waals surface area contributed by atoms with E-state index in [0.717, 1.165) is 5.56 Å². The number of benzene rings is 2. The highest BCUT2D eigenvalue weighted by Crippen LogP contribution is 2.15. The fourth-order valence-corrected chi connectivity index (χ4v) is 3.35. The predicted molar refractivity (Wildman–Crippen MR) is 95.8 cm³/mol. The monoisotopic (exact) mass is 382 g/mol. The Bertz CT molecular complexity index is 798. The zero-order valence-electron chi connectivity index (χ0n) is 13.8. The number of hydrogen-bond acceptors (Lipinski definition) is 5. The summed E-state index contributed by atoms with van der Waals surface area (Å²) in [7, 11) is -3.49. The van der Waals surface area contributed by atoms with Gasteiger partial charge in [0.15, 0.2) is 9.84 Å². The molecule has 0 aliphatic heterocycles. The fourth-order valence-electron chi connectivity index (χ4n) is 2.00. The molecule has 0 radical (unpaired) electrons. The van der Waals surface area contributed by atoms with Gasteiger partial charge in [-0.15, -0.1) is 0 Å². The molecule has 0 heterocycles. The van der Waals surface area contributed by atoms with Crippen LogP contribution in [0, 0.1) is 6.92 Å². The van der Waals surface area contributed by atoms with Crippen molar-refractivity contribution in [3.63, 3.8) is 0 Å². The van der Waals surface area contributed by atoms with E-state index in [1.54, 1.807) is 36.4 Å². The van der Waals surface area contributed by atoms with Crippen molar-refractivity contribution in [2.45, 2.75) is 18.2 Å². The quantitative estimate of drug-likeness (QED) is 0.516. The van der Waals surface area contributed by atoms with Crippen LogP contribution in [0.25, 0.3) is 0 Å². The predicted octanol–water partition coefficient (Wildman–Crippen LogP) is 3.43. The van der Waals surface area contributed by atoms with Crippen LogP contribution in [0.4, 0.5) is 0 Å². The Kier molecular flexibility index (Phi) is 6.84. The lowest BCUT2D eigenvalue weighted by Gasteiger charge is -2.08. The maximum Gasteiger partial charge on any atom is 0.306 e. The summed E-state index contributed by atoms with van der Waals surface area (Å²) in [6.07, 6.45) is -0.197. The molecular formula is C18H19ClO5S. The number of sulfone groups is 1. The van der Waals surface area contributed by atoms with Crippen molar-refractivity contribution in [2.24, 2.45) is 0 Å². The number of aryl methyl sites for hydroxylation is 1. The first-order valence-corrected chi connectivity index (χ1v) is 9.73. The van der Waals surface area contributed by atoms with Gasteiger partial charge in [-0.3, -0.25) is 4.79 Å². The molecule has 0 unspecified atom stereocenters. The Morgan fingerprint density at radius 3 is 2.28 bits per heavy atom. The minimum atomic E-state index is -3.49. The Hall–Kier alpha value is -2.05. The first-order valence-electron chi connectivity index (χ1n) is 7.70. The molecule has 25 heavy (non-hydrogen) atoms. The standard InChI is InChI=1S/C18H19ClO5S/c1-14-2-8-17(9-3-14)25(21,22)13-10-18(20)24-12-11-23-16-6-4-15(19)5-7-16/h2-9H,10-13H2,1H3. The van der Waals surface area contributed by atoms with E-state index in [2.05, 4.69) is 0 Å². The van der Waals surface area contributed by atoms with E-state index in [1.807, 2.05) is 6.92 Å². The van der Waals surface area contributed by atoms with Gasteiger partial charge in [-0.1, -0.05) is 29.3 Å². The lowest BCUT2D eigenvalue weighted by atomic mass is 10.2. The topological polar surface area (TPSA) is 69.7 Å². The number of carbonyl (C=O) groups excluding carboxylic acids is 1. The van der Waals surface area contributed by atoms with E-state index in [4.69, 9.17) is 21.1 Å². The Balaban J connectivity index is 1.71.